The standard InChI is InChI=1S/C19H13ClN2O3/c20-16-11-5-4-10-15(16)19(23)21(14-8-2-1-3-9-14)17-12-6-7-13-18(17)22(24)25/h1-13H. The van der Waals surface area contributed by atoms with Crippen molar-refractivity contribution < 1.29 is 9.72 Å². The number of hydrogen-bond acceptors (Lipinski definition) is 3. The van der Waals surface area contributed by atoms with E-state index in [4.69, 9.17) is 11.6 Å². The molecule has 0 fully saturated rings. The minimum Gasteiger partial charge on any atom is -0.270 e. The molecule has 3 aromatic carbocycles. The summed E-state index contributed by atoms with van der Waals surface area (Å²) < 4.78 is 0. The van der Waals surface area contributed by atoms with Crippen molar-refractivity contribution in [1.29, 1.82) is 0 Å². The number of carbonyl (C=O) groups is 1. The van der Waals surface area contributed by atoms with E-state index in [0.29, 0.717) is 5.69 Å². The predicted molar refractivity (Wildman–Crippen MR) is 97.5 cm³/mol. The number of para-hydroxylation sites is 3. The Bertz CT molecular complexity index is 929. The lowest BCUT2D eigenvalue weighted by Gasteiger charge is -2.23. The Labute approximate surface area is 149 Å². The Balaban J connectivity index is 2.21. The van der Waals surface area contributed by atoms with Crippen molar-refractivity contribution in [2.75, 3.05) is 4.90 Å². The summed E-state index contributed by atoms with van der Waals surface area (Å²) in [6.45, 7) is 0. The molecule has 0 spiro atoms. The number of nitro benzene ring substituents is 1. The monoisotopic (exact) mass is 352 g/mol. The summed E-state index contributed by atoms with van der Waals surface area (Å²) in [5.41, 5.74) is 0.809. The average molecular weight is 353 g/mol. The van der Waals surface area contributed by atoms with E-state index >= 15 is 0 Å². The van der Waals surface area contributed by atoms with E-state index < -0.39 is 10.8 Å². The van der Waals surface area contributed by atoms with Crippen LogP contribution >= 0.6 is 11.6 Å². The fourth-order valence-corrected chi connectivity index (χ4v) is 2.72. The Morgan fingerprint density at radius 1 is 0.880 bits per heavy atom. The van der Waals surface area contributed by atoms with Crippen LogP contribution in [-0.2, 0) is 0 Å². The third-order valence-electron chi connectivity index (χ3n) is 3.64. The van der Waals surface area contributed by atoms with Gasteiger partial charge in [0.1, 0.15) is 5.69 Å². The van der Waals surface area contributed by atoms with Crippen LogP contribution in [0.3, 0.4) is 0 Å². The predicted octanol–water partition coefficient (Wildman–Crippen LogP) is 5.23. The molecule has 3 rings (SSSR count). The molecule has 6 heteroatoms. The SMILES string of the molecule is O=C(c1ccccc1Cl)N(c1ccccc1)c1ccccc1[N+](=O)[O-]. The van der Waals surface area contributed by atoms with Crippen LogP contribution < -0.4 is 4.90 Å². The van der Waals surface area contributed by atoms with Crippen molar-refractivity contribution in [2.45, 2.75) is 0 Å². The van der Waals surface area contributed by atoms with Gasteiger partial charge in [-0.2, -0.15) is 0 Å². The Kier molecular flexibility index (Phi) is 4.77. The van der Waals surface area contributed by atoms with Crippen LogP contribution in [0.15, 0.2) is 78.9 Å². The molecule has 0 saturated carbocycles. The first-order chi connectivity index (χ1) is 12.1. The number of benzene rings is 3. The van der Waals surface area contributed by atoms with Crippen molar-refractivity contribution >= 4 is 34.6 Å². The summed E-state index contributed by atoms with van der Waals surface area (Å²) in [5, 5.41) is 11.7. The number of rotatable bonds is 4. The first kappa shape index (κ1) is 16.7. The lowest BCUT2D eigenvalue weighted by molar-refractivity contribution is -0.384. The van der Waals surface area contributed by atoms with Crippen LogP contribution in [0.25, 0.3) is 0 Å². The van der Waals surface area contributed by atoms with E-state index in [-0.39, 0.29) is 22.0 Å². The zero-order chi connectivity index (χ0) is 17.8. The van der Waals surface area contributed by atoms with Crippen molar-refractivity contribution in [3.63, 3.8) is 0 Å². The van der Waals surface area contributed by atoms with E-state index in [0.717, 1.165) is 0 Å². The molecular formula is C19H13ClN2O3. The molecule has 0 aromatic heterocycles. The topological polar surface area (TPSA) is 63.5 Å². The van der Waals surface area contributed by atoms with Gasteiger partial charge in [0.2, 0.25) is 0 Å². The van der Waals surface area contributed by atoms with Gasteiger partial charge in [-0.1, -0.05) is 54.1 Å². The van der Waals surface area contributed by atoms with Gasteiger partial charge in [0.15, 0.2) is 0 Å². The summed E-state index contributed by atoms with van der Waals surface area (Å²) in [4.78, 5) is 25.4. The van der Waals surface area contributed by atoms with E-state index in [1.807, 2.05) is 0 Å². The lowest BCUT2D eigenvalue weighted by atomic mass is 10.1. The Morgan fingerprint density at radius 2 is 1.48 bits per heavy atom. The zero-order valence-electron chi connectivity index (χ0n) is 13.0. The van der Waals surface area contributed by atoms with E-state index in [1.165, 1.54) is 11.0 Å². The summed E-state index contributed by atoms with van der Waals surface area (Å²) in [5.74, 6) is -0.439. The number of nitro groups is 1. The van der Waals surface area contributed by atoms with Crippen molar-refractivity contribution in [2.24, 2.45) is 0 Å². The minimum atomic E-state index is -0.509. The maximum atomic E-state index is 13.2. The molecule has 0 atom stereocenters. The van der Waals surface area contributed by atoms with Gasteiger partial charge in [-0.3, -0.25) is 19.8 Å². The molecule has 0 aliphatic heterocycles. The summed E-state index contributed by atoms with van der Waals surface area (Å²) in [6, 6.07) is 21.5. The van der Waals surface area contributed by atoms with Gasteiger partial charge in [0, 0.05) is 11.8 Å². The van der Waals surface area contributed by atoms with Crippen LogP contribution in [0.1, 0.15) is 10.4 Å². The van der Waals surface area contributed by atoms with Crippen LogP contribution in [0, 0.1) is 10.1 Å². The van der Waals surface area contributed by atoms with Gasteiger partial charge in [-0.05, 0) is 30.3 Å². The molecule has 5 nitrogen and oxygen atoms in total. The normalized spacial score (nSPS) is 10.3. The molecule has 1 amide bonds. The third kappa shape index (κ3) is 3.36. The lowest BCUT2D eigenvalue weighted by Crippen LogP contribution is -2.27. The molecule has 0 aliphatic rings. The quantitative estimate of drug-likeness (QED) is 0.477. The molecule has 0 saturated heterocycles. The fourth-order valence-electron chi connectivity index (χ4n) is 2.51. The summed E-state index contributed by atoms with van der Waals surface area (Å²) in [7, 11) is 0. The second-order valence-corrected chi connectivity index (χ2v) is 5.61. The van der Waals surface area contributed by atoms with E-state index in [1.54, 1.807) is 72.8 Å². The number of carbonyl (C=O) groups excluding carboxylic acids is 1. The van der Waals surface area contributed by atoms with Gasteiger partial charge in [-0.15, -0.1) is 0 Å². The number of halogens is 1. The van der Waals surface area contributed by atoms with Gasteiger partial charge < -0.3 is 0 Å². The van der Waals surface area contributed by atoms with E-state index in [2.05, 4.69) is 0 Å². The number of nitrogens with zero attached hydrogens (tertiary/aromatic N) is 2. The molecule has 25 heavy (non-hydrogen) atoms. The maximum Gasteiger partial charge on any atom is 0.293 e. The van der Waals surface area contributed by atoms with Gasteiger partial charge in [0.25, 0.3) is 11.6 Å². The fraction of sp³-hybridized carbons (Fsp3) is 0. The summed E-state index contributed by atoms with van der Waals surface area (Å²) >= 11 is 6.16. The highest BCUT2D eigenvalue weighted by Crippen LogP contribution is 2.35. The molecule has 0 bridgehead atoms. The van der Waals surface area contributed by atoms with Gasteiger partial charge >= 0.3 is 0 Å². The Morgan fingerprint density at radius 3 is 2.16 bits per heavy atom. The molecule has 3 aromatic rings. The van der Waals surface area contributed by atoms with Gasteiger partial charge in [0.05, 0.1) is 15.5 Å². The highest BCUT2D eigenvalue weighted by atomic mass is 35.5. The molecule has 0 unspecified atom stereocenters. The second kappa shape index (κ2) is 7.15. The van der Waals surface area contributed by atoms with Crippen LogP contribution in [0.4, 0.5) is 17.1 Å². The van der Waals surface area contributed by atoms with Crippen LogP contribution in [0.5, 0.6) is 0 Å². The minimum absolute atomic E-state index is 0.160. The molecule has 0 heterocycles. The first-order valence-electron chi connectivity index (χ1n) is 7.47. The van der Waals surface area contributed by atoms with Crippen molar-refractivity contribution in [1.82, 2.24) is 0 Å². The maximum absolute atomic E-state index is 13.2. The molecule has 0 radical (unpaired) electrons. The first-order valence-corrected chi connectivity index (χ1v) is 7.85. The highest BCUT2D eigenvalue weighted by Gasteiger charge is 2.27. The molecule has 124 valence electrons. The van der Waals surface area contributed by atoms with Crippen molar-refractivity contribution in [3.8, 4) is 0 Å². The average Bonchev–Trinajstić information content (AvgIpc) is 2.63. The third-order valence-corrected chi connectivity index (χ3v) is 3.97. The second-order valence-electron chi connectivity index (χ2n) is 5.20. The summed E-state index contributed by atoms with van der Waals surface area (Å²) in [6.07, 6.45) is 0. The van der Waals surface area contributed by atoms with Crippen LogP contribution in [-0.4, -0.2) is 10.8 Å². The number of anilines is 2. The molecule has 0 aliphatic carbocycles. The Hall–Kier alpha value is -3.18. The van der Waals surface area contributed by atoms with Gasteiger partial charge in [-0.25, -0.2) is 0 Å². The molecule has 0 N–H and O–H groups in total. The van der Waals surface area contributed by atoms with Crippen molar-refractivity contribution in [3.05, 3.63) is 99.6 Å². The number of amides is 1. The highest BCUT2D eigenvalue weighted by molar-refractivity contribution is 6.35. The smallest absolute Gasteiger partial charge is 0.270 e. The number of hydrogen-bond donors (Lipinski definition) is 0. The van der Waals surface area contributed by atoms with E-state index in [9.17, 15) is 14.9 Å². The molecular weight excluding hydrogens is 340 g/mol. The van der Waals surface area contributed by atoms with Crippen LogP contribution in [0.2, 0.25) is 5.02 Å². The zero-order valence-corrected chi connectivity index (χ0v) is 13.8. The largest absolute Gasteiger partial charge is 0.293 e.